The normalized spacial score (nSPS) is 28.9. The third kappa shape index (κ3) is 1.83. The van der Waals surface area contributed by atoms with Crippen LogP contribution in [0, 0.1) is 18.8 Å². The zero-order valence-electron chi connectivity index (χ0n) is 7.75. The Bertz CT molecular complexity index is 301. The maximum absolute atomic E-state index is 9.96. The molecular formula is C10H13BrOS. The van der Waals surface area contributed by atoms with Crippen LogP contribution < -0.4 is 0 Å². The Morgan fingerprint density at radius 3 is 2.69 bits per heavy atom. The lowest BCUT2D eigenvalue weighted by Gasteiger charge is -2.05. The number of thiophene rings is 1. The smallest absolute Gasteiger partial charge is 0.0913 e. The van der Waals surface area contributed by atoms with Gasteiger partial charge in [0, 0.05) is 14.2 Å². The van der Waals surface area contributed by atoms with Crippen LogP contribution in [0.3, 0.4) is 0 Å². The fourth-order valence-corrected chi connectivity index (χ4v) is 3.25. The fourth-order valence-electron chi connectivity index (χ4n) is 1.63. The van der Waals surface area contributed by atoms with Crippen LogP contribution in [0.4, 0.5) is 0 Å². The van der Waals surface area contributed by atoms with Crippen molar-refractivity contribution in [2.75, 3.05) is 0 Å². The zero-order valence-corrected chi connectivity index (χ0v) is 10.2. The number of aliphatic hydroxyl groups excluding tert-OH is 1. The van der Waals surface area contributed by atoms with Gasteiger partial charge in [0.1, 0.15) is 0 Å². The van der Waals surface area contributed by atoms with E-state index in [2.05, 4.69) is 35.8 Å². The van der Waals surface area contributed by atoms with Gasteiger partial charge in [0.05, 0.1) is 6.10 Å². The zero-order chi connectivity index (χ0) is 9.59. The van der Waals surface area contributed by atoms with Crippen molar-refractivity contribution < 1.29 is 5.11 Å². The van der Waals surface area contributed by atoms with Crippen LogP contribution in [0.1, 0.15) is 29.2 Å². The molecule has 1 saturated carbocycles. The number of hydrogen-bond acceptors (Lipinski definition) is 2. The molecule has 1 nitrogen and oxygen atoms in total. The summed E-state index contributed by atoms with van der Waals surface area (Å²) in [5.74, 6) is 1.21. The van der Waals surface area contributed by atoms with Crippen molar-refractivity contribution in [3.8, 4) is 0 Å². The first kappa shape index (κ1) is 9.69. The second-order valence-corrected chi connectivity index (χ2v) is 6.02. The third-order valence-corrected chi connectivity index (χ3v) is 4.95. The summed E-state index contributed by atoms with van der Waals surface area (Å²) < 4.78 is 1.12. The first-order valence-corrected chi connectivity index (χ1v) is 6.14. The van der Waals surface area contributed by atoms with Gasteiger partial charge in [0.15, 0.2) is 0 Å². The van der Waals surface area contributed by atoms with Gasteiger partial charge >= 0.3 is 0 Å². The molecule has 1 aromatic rings. The molecule has 0 amide bonds. The summed E-state index contributed by atoms with van der Waals surface area (Å²) >= 11 is 5.16. The highest BCUT2D eigenvalue weighted by Crippen LogP contribution is 2.48. The molecule has 0 aliphatic heterocycles. The molecule has 1 heterocycles. The predicted molar refractivity (Wildman–Crippen MR) is 59.0 cm³/mol. The van der Waals surface area contributed by atoms with E-state index in [0.29, 0.717) is 11.8 Å². The molecule has 3 atom stereocenters. The lowest BCUT2D eigenvalue weighted by molar-refractivity contribution is 0.152. The Balaban J connectivity index is 2.16. The highest BCUT2D eigenvalue weighted by Gasteiger charge is 2.39. The molecule has 1 aliphatic rings. The van der Waals surface area contributed by atoms with Gasteiger partial charge in [-0.05, 0) is 47.2 Å². The van der Waals surface area contributed by atoms with E-state index >= 15 is 0 Å². The summed E-state index contributed by atoms with van der Waals surface area (Å²) in [4.78, 5) is 2.36. The summed E-state index contributed by atoms with van der Waals surface area (Å²) in [5, 5.41) is 9.96. The van der Waals surface area contributed by atoms with Crippen molar-refractivity contribution in [3.05, 3.63) is 20.3 Å². The molecule has 3 unspecified atom stereocenters. The van der Waals surface area contributed by atoms with Crippen molar-refractivity contribution in [2.24, 2.45) is 11.8 Å². The number of aliphatic hydroxyl groups is 1. The van der Waals surface area contributed by atoms with Gasteiger partial charge in [-0.1, -0.05) is 6.92 Å². The van der Waals surface area contributed by atoms with Crippen molar-refractivity contribution >= 4 is 27.3 Å². The Morgan fingerprint density at radius 1 is 1.69 bits per heavy atom. The Kier molecular flexibility index (Phi) is 2.51. The van der Waals surface area contributed by atoms with E-state index in [1.54, 1.807) is 11.3 Å². The summed E-state index contributed by atoms with van der Waals surface area (Å²) in [5.41, 5.74) is 0. The van der Waals surface area contributed by atoms with Gasteiger partial charge in [0.25, 0.3) is 0 Å². The summed E-state index contributed by atoms with van der Waals surface area (Å²) in [7, 11) is 0. The quantitative estimate of drug-likeness (QED) is 0.863. The standard InChI is InChI=1S/C10H13BrOS/c1-5-3-7(5)10(12)9-4-8(11)6(2)13-9/h4-5,7,10,12H,3H2,1-2H3. The first-order chi connectivity index (χ1) is 6.09. The van der Waals surface area contributed by atoms with E-state index in [1.807, 2.05) is 0 Å². The van der Waals surface area contributed by atoms with Crippen LogP contribution >= 0.6 is 27.3 Å². The second kappa shape index (κ2) is 3.37. The molecule has 0 aromatic carbocycles. The summed E-state index contributed by atoms with van der Waals surface area (Å²) in [6.07, 6.45) is 0.945. The molecule has 0 radical (unpaired) electrons. The Hall–Kier alpha value is 0.140. The van der Waals surface area contributed by atoms with Crippen LogP contribution in [0.2, 0.25) is 0 Å². The van der Waals surface area contributed by atoms with Crippen LogP contribution in [0.5, 0.6) is 0 Å². The molecule has 0 saturated heterocycles. The highest BCUT2D eigenvalue weighted by molar-refractivity contribution is 9.10. The topological polar surface area (TPSA) is 20.2 Å². The van der Waals surface area contributed by atoms with Crippen LogP contribution in [0.25, 0.3) is 0 Å². The Labute approximate surface area is 90.9 Å². The van der Waals surface area contributed by atoms with Gasteiger partial charge in [-0.15, -0.1) is 11.3 Å². The SMILES string of the molecule is Cc1sc(C(O)C2CC2C)cc1Br. The number of rotatable bonds is 2. The molecule has 1 aromatic heterocycles. The van der Waals surface area contributed by atoms with E-state index in [1.165, 1.54) is 11.3 Å². The number of halogens is 1. The molecule has 13 heavy (non-hydrogen) atoms. The van der Waals surface area contributed by atoms with E-state index < -0.39 is 0 Å². The van der Waals surface area contributed by atoms with E-state index in [9.17, 15) is 5.11 Å². The molecule has 1 fully saturated rings. The van der Waals surface area contributed by atoms with E-state index in [-0.39, 0.29) is 6.10 Å². The van der Waals surface area contributed by atoms with Gasteiger partial charge in [0.2, 0.25) is 0 Å². The van der Waals surface area contributed by atoms with Gasteiger partial charge in [-0.3, -0.25) is 0 Å². The summed E-state index contributed by atoms with van der Waals surface area (Å²) in [6.45, 7) is 4.27. The van der Waals surface area contributed by atoms with Gasteiger partial charge in [-0.25, -0.2) is 0 Å². The minimum absolute atomic E-state index is 0.231. The third-order valence-electron chi connectivity index (χ3n) is 2.75. The van der Waals surface area contributed by atoms with Crippen molar-refractivity contribution in [3.63, 3.8) is 0 Å². The fraction of sp³-hybridized carbons (Fsp3) is 0.600. The van der Waals surface area contributed by atoms with Crippen LogP contribution in [-0.4, -0.2) is 5.11 Å². The lowest BCUT2D eigenvalue weighted by atomic mass is 10.2. The highest BCUT2D eigenvalue weighted by atomic mass is 79.9. The molecule has 0 bridgehead atoms. The molecule has 72 valence electrons. The second-order valence-electron chi connectivity index (χ2n) is 3.87. The molecule has 1 N–H and O–H groups in total. The average molecular weight is 261 g/mol. The number of aryl methyl sites for hydroxylation is 1. The molecule has 2 rings (SSSR count). The van der Waals surface area contributed by atoms with E-state index in [4.69, 9.17) is 0 Å². The number of hydrogen-bond donors (Lipinski definition) is 1. The average Bonchev–Trinajstić information content (AvgIpc) is 2.70. The van der Waals surface area contributed by atoms with Crippen molar-refractivity contribution in [2.45, 2.75) is 26.4 Å². The Morgan fingerprint density at radius 2 is 2.31 bits per heavy atom. The summed E-state index contributed by atoms with van der Waals surface area (Å²) in [6, 6.07) is 2.05. The van der Waals surface area contributed by atoms with Gasteiger partial charge < -0.3 is 5.11 Å². The van der Waals surface area contributed by atoms with Crippen molar-refractivity contribution in [1.29, 1.82) is 0 Å². The van der Waals surface area contributed by atoms with Crippen LogP contribution in [0.15, 0.2) is 10.5 Å². The minimum atomic E-state index is -0.231. The van der Waals surface area contributed by atoms with E-state index in [0.717, 1.165) is 9.35 Å². The van der Waals surface area contributed by atoms with Gasteiger partial charge in [-0.2, -0.15) is 0 Å². The first-order valence-electron chi connectivity index (χ1n) is 4.53. The largest absolute Gasteiger partial charge is 0.387 e. The minimum Gasteiger partial charge on any atom is -0.387 e. The molecule has 0 spiro atoms. The lowest BCUT2D eigenvalue weighted by Crippen LogP contribution is -1.97. The maximum Gasteiger partial charge on any atom is 0.0913 e. The molecule has 3 heteroatoms. The van der Waals surface area contributed by atoms with Crippen LogP contribution in [-0.2, 0) is 0 Å². The molecule has 1 aliphatic carbocycles. The van der Waals surface area contributed by atoms with Crippen molar-refractivity contribution in [1.82, 2.24) is 0 Å². The predicted octanol–water partition coefficient (Wildman–Crippen LogP) is 3.51. The molecular weight excluding hydrogens is 248 g/mol. The monoisotopic (exact) mass is 260 g/mol. The maximum atomic E-state index is 9.96.